The van der Waals surface area contributed by atoms with Gasteiger partial charge in [-0.15, -0.1) is 0 Å². The number of hydrogen-bond acceptors (Lipinski definition) is 3. The summed E-state index contributed by atoms with van der Waals surface area (Å²) in [5.41, 5.74) is 5.48. The number of esters is 1. The summed E-state index contributed by atoms with van der Waals surface area (Å²) in [6.45, 7) is 12.4. The Hall–Kier alpha value is -1.61. The van der Waals surface area contributed by atoms with Crippen LogP contribution in [0.2, 0.25) is 0 Å². The average Bonchev–Trinajstić information content (AvgIpc) is 2.54. The van der Waals surface area contributed by atoms with Gasteiger partial charge >= 0.3 is 5.97 Å². The van der Waals surface area contributed by atoms with E-state index >= 15 is 0 Å². The number of carbonyl (C=O) groups excluding carboxylic acids is 1. The number of carbonyl (C=O) groups is 1. The molecule has 1 atom stereocenters. The van der Waals surface area contributed by atoms with Gasteiger partial charge < -0.3 is 9.84 Å². The maximum Gasteiger partial charge on any atom is 0.334 e. The van der Waals surface area contributed by atoms with E-state index in [1.165, 1.54) is 29.2 Å². The Balaban J connectivity index is 4.03. The molecule has 0 fully saturated rings. The van der Waals surface area contributed by atoms with Gasteiger partial charge in [-0.2, -0.15) is 0 Å². The van der Waals surface area contributed by atoms with Crippen molar-refractivity contribution in [2.24, 2.45) is 0 Å². The normalized spacial score (nSPS) is 14.2. The molecule has 0 amide bonds. The van der Waals surface area contributed by atoms with Gasteiger partial charge in [-0.25, -0.2) is 4.79 Å². The zero-order chi connectivity index (χ0) is 19.9. The molecule has 0 aliphatic heterocycles. The van der Waals surface area contributed by atoms with Gasteiger partial charge in [0.25, 0.3) is 0 Å². The van der Waals surface area contributed by atoms with Gasteiger partial charge in [-0.1, -0.05) is 40.5 Å². The van der Waals surface area contributed by atoms with Crippen LogP contribution in [0.15, 0.2) is 46.6 Å². The predicted octanol–water partition coefficient (Wildman–Crippen LogP) is 6.06. The van der Waals surface area contributed by atoms with Gasteiger partial charge in [0.2, 0.25) is 0 Å². The standard InChI is InChI=1S/C23H38O3/c1-18(2)10-7-11-19(3)12-8-13-20(4)14-9-15-21(5)16-17-26-23(25)22(6)24/h10,12,14,16,22,24H,7-9,11,13,15,17H2,1-6H3. The molecule has 3 heteroatoms. The Labute approximate surface area is 160 Å². The maximum atomic E-state index is 11.1. The first-order valence-electron chi connectivity index (χ1n) is 9.67. The predicted molar refractivity (Wildman–Crippen MR) is 111 cm³/mol. The summed E-state index contributed by atoms with van der Waals surface area (Å²) in [5, 5.41) is 9.05. The minimum atomic E-state index is -1.06. The Morgan fingerprint density at radius 1 is 0.808 bits per heavy atom. The van der Waals surface area contributed by atoms with Crippen molar-refractivity contribution in [3.8, 4) is 0 Å². The Morgan fingerprint density at radius 3 is 1.65 bits per heavy atom. The Kier molecular flexibility index (Phi) is 13.6. The fourth-order valence-corrected chi connectivity index (χ4v) is 2.37. The van der Waals surface area contributed by atoms with Crippen LogP contribution in [-0.2, 0) is 9.53 Å². The molecule has 0 radical (unpaired) electrons. The SMILES string of the molecule is CC(C)=CCCC(C)=CCCC(C)=CCCC(C)=CCOC(=O)C(C)O. The second-order valence-electron chi connectivity index (χ2n) is 7.35. The molecule has 26 heavy (non-hydrogen) atoms. The first-order valence-corrected chi connectivity index (χ1v) is 9.67. The number of hydrogen-bond donors (Lipinski definition) is 1. The van der Waals surface area contributed by atoms with Crippen molar-refractivity contribution in [1.82, 2.24) is 0 Å². The van der Waals surface area contributed by atoms with Crippen LogP contribution in [0.5, 0.6) is 0 Å². The first-order chi connectivity index (χ1) is 12.2. The van der Waals surface area contributed by atoms with Crippen molar-refractivity contribution in [3.05, 3.63) is 46.6 Å². The third-order valence-electron chi connectivity index (χ3n) is 4.15. The average molecular weight is 363 g/mol. The van der Waals surface area contributed by atoms with Crippen molar-refractivity contribution in [2.75, 3.05) is 6.61 Å². The quantitative estimate of drug-likeness (QED) is 0.339. The second-order valence-corrected chi connectivity index (χ2v) is 7.35. The number of rotatable bonds is 12. The number of aliphatic hydroxyl groups is 1. The lowest BCUT2D eigenvalue weighted by atomic mass is 10.0. The Bertz CT molecular complexity index is 530. The molecule has 0 saturated heterocycles. The number of aliphatic hydroxyl groups excluding tert-OH is 1. The summed E-state index contributed by atoms with van der Waals surface area (Å²) in [5.74, 6) is -0.575. The van der Waals surface area contributed by atoms with E-state index in [0.717, 1.165) is 38.5 Å². The molecule has 0 aromatic heterocycles. The Morgan fingerprint density at radius 2 is 1.23 bits per heavy atom. The van der Waals surface area contributed by atoms with Crippen molar-refractivity contribution in [2.45, 2.75) is 86.2 Å². The van der Waals surface area contributed by atoms with E-state index in [2.05, 4.69) is 45.9 Å². The van der Waals surface area contributed by atoms with Crippen molar-refractivity contribution >= 4 is 5.97 Å². The van der Waals surface area contributed by atoms with Gasteiger partial charge in [0.15, 0.2) is 0 Å². The molecule has 0 aromatic rings. The number of ether oxygens (including phenoxy) is 1. The van der Waals surface area contributed by atoms with Crippen molar-refractivity contribution in [3.63, 3.8) is 0 Å². The van der Waals surface area contributed by atoms with E-state index in [1.807, 2.05) is 13.0 Å². The molecule has 0 aliphatic carbocycles. The van der Waals surface area contributed by atoms with E-state index in [4.69, 9.17) is 9.84 Å². The summed E-state index contributed by atoms with van der Waals surface area (Å²) in [6, 6.07) is 0. The number of allylic oxidation sites excluding steroid dienone is 7. The maximum absolute atomic E-state index is 11.1. The molecular formula is C23H38O3. The van der Waals surface area contributed by atoms with Gasteiger partial charge in [-0.05, 0) is 86.1 Å². The van der Waals surface area contributed by atoms with E-state index in [0.29, 0.717) is 0 Å². The lowest BCUT2D eigenvalue weighted by Gasteiger charge is -2.05. The van der Waals surface area contributed by atoms with E-state index < -0.39 is 12.1 Å². The van der Waals surface area contributed by atoms with Gasteiger partial charge in [0.1, 0.15) is 12.7 Å². The van der Waals surface area contributed by atoms with Gasteiger partial charge in [0, 0.05) is 0 Å². The topological polar surface area (TPSA) is 46.5 Å². The van der Waals surface area contributed by atoms with Crippen LogP contribution in [0, 0.1) is 0 Å². The zero-order valence-corrected chi connectivity index (χ0v) is 17.6. The summed E-state index contributed by atoms with van der Waals surface area (Å²) >= 11 is 0. The van der Waals surface area contributed by atoms with Crippen LogP contribution in [0.3, 0.4) is 0 Å². The van der Waals surface area contributed by atoms with Gasteiger partial charge in [-0.3, -0.25) is 0 Å². The largest absolute Gasteiger partial charge is 0.460 e. The summed E-state index contributed by atoms with van der Waals surface area (Å²) in [7, 11) is 0. The fourth-order valence-electron chi connectivity index (χ4n) is 2.37. The zero-order valence-electron chi connectivity index (χ0n) is 17.6. The summed E-state index contributed by atoms with van der Waals surface area (Å²) in [6.07, 6.45) is 14.3. The molecule has 0 aromatic carbocycles. The molecule has 0 bridgehead atoms. The molecule has 3 nitrogen and oxygen atoms in total. The minimum Gasteiger partial charge on any atom is -0.460 e. The van der Waals surface area contributed by atoms with Crippen LogP contribution < -0.4 is 0 Å². The fraction of sp³-hybridized carbons (Fsp3) is 0.609. The van der Waals surface area contributed by atoms with Crippen LogP contribution in [-0.4, -0.2) is 23.8 Å². The van der Waals surface area contributed by atoms with Crippen LogP contribution >= 0.6 is 0 Å². The molecule has 1 N–H and O–H groups in total. The van der Waals surface area contributed by atoms with Crippen molar-refractivity contribution < 1.29 is 14.6 Å². The molecule has 0 spiro atoms. The second kappa shape index (κ2) is 14.5. The van der Waals surface area contributed by atoms with Crippen LogP contribution in [0.1, 0.15) is 80.1 Å². The first kappa shape index (κ1) is 24.4. The van der Waals surface area contributed by atoms with E-state index in [1.54, 1.807) is 0 Å². The van der Waals surface area contributed by atoms with E-state index in [9.17, 15) is 4.79 Å². The third-order valence-corrected chi connectivity index (χ3v) is 4.15. The van der Waals surface area contributed by atoms with Crippen molar-refractivity contribution in [1.29, 1.82) is 0 Å². The highest BCUT2D eigenvalue weighted by Crippen LogP contribution is 2.13. The van der Waals surface area contributed by atoms with Crippen LogP contribution in [0.25, 0.3) is 0 Å². The highest BCUT2D eigenvalue weighted by Gasteiger charge is 2.08. The molecule has 148 valence electrons. The third kappa shape index (κ3) is 14.7. The molecular weight excluding hydrogens is 324 g/mol. The lowest BCUT2D eigenvalue weighted by Crippen LogP contribution is -2.19. The minimum absolute atomic E-state index is 0.231. The molecule has 0 rings (SSSR count). The molecule has 0 heterocycles. The monoisotopic (exact) mass is 362 g/mol. The molecule has 0 saturated carbocycles. The molecule has 1 unspecified atom stereocenters. The highest BCUT2D eigenvalue weighted by molar-refractivity contribution is 5.73. The van der Waals surface area contributed by atoms with E-state index in [-0.39, 0.29) is 6.61 Å². The summed E-state index contributed by atoms with van der Waals surface area (Å²) < 4.78 is 4.93. The van der Waals surface area contributed by atoms with Crippen LogP contribution in [0.4, 0.5) is 0 Å². The van der Waals surface area contributed by atoms with Gasteiger partial charge in [0.05, 0.1) is 0 Å². The molecule has 0 aliphatic rings. The lowest BCUT2D eigenvalue weighted by molar-refractivity contribution is -0.151. The smallest absolute Gasteiger partial charge is 0.334 e. The summed E-state index contributed by atoms with van der Waals surface area (Å²) in [4.78, 5) is 11.1. The highest BCUT2D eigenvalue weighted by atomic mass is 16.5.